The molecule has 0 aromatic heterocycles. The van der Waals surface area contributed by atoms with Crippen LogP contribution in [0.1, 0.15) is 35.7 Å². The maximum absolute atomic E-state index is 10.4. The first-order valence-corrected chi connectivity index (χ1v) is 7.86. The fraction of sp³-hybridized carbons (Fsp3) is 0.368. The molecule has 0 fully saturated rings. The number of para-hydroxylation sites is 1. The summed E-state index contributed by atoms with van der Waals surface area (Å²) in [7, 11) is 4.12. The molecule has 2 N–H and O–H groups in total. The number of hydrogen-bond donors (Lipinski definition) is 2. The van der Waals surface area contributed by atoms with E-state index in [1.807, 2.05) is 12.1 Å². The monoisotopic (exact) mass is 296 g/mol. The van der Waals surface area contributed by atoms with Crippen LogP contribution in [0.5, 0.6) is 0 Å². The van der Waals surface area contributed by atoms with Crippen LogP contribution < -0.4 is 10.2 Å². The first kappa shape index (κ1) is 15.1. The molecule has 1 aliphatic rings. The van der Waals surface area contributed by atoms with E-state index in [2.05, 4.69) is 67.6 Å². The van der Waals surface area contributed by atoms with Crippen molar-refractivity contribution >= 4 is 5.69 Å². The van der Waals surface area contributed by atoms with Crippen LogP contribution in [-0.2, 0) is 6.42 Å². The number of benzene rings is 2. The minimum absolute atomic E-state index is 0.00131. The Bertz CT molecular complexity index is 653. The molecule has 0 bridgehead atoms. The minimum Gasteiger partial charge on any atom is -0.391 e. The molecule has 0 saturated carbocycles. The van der Waals surface area contributed by atoms with Gasteiger partial charge in [0, 0.05) is 32.2 Å². The third-order valence-corrected chi connectivity index (χ3v) is 4.52. The summed E-state index contributed by atoms with van der Waals surface area (Å²) in [4.78, 5) is 2.13. The molecule has 3 atom stereocenters. The smallest absolute Gasteiger partial charge is 0.0775 e. The maximum Gasteiger partial charge on any atom is 0.0775 e. The Hall–Kier alpha value is -1.84. The van der Waals surface area contributed by atoms with Crippen molar-refractivity contribution in [3.63, 3.8) is 0 Å². The van der Waals surface area contributed by atoms with Crippen molar-refractivity contribution in [2.75, 3.05) is 19.0 Å². The van der Waals surface area contributed by atoms with Gasteiger partial charge < -0.3 is 15.3 Å². The summed E-state index contributed by atoms with van der Waals surface area (Å²) in [6.07, 6.45) is 0.377. The summed E-state index contributed by atoms with van der Waals surface area (Å²) in [5.74, 6) is 0. The summed E-state index contributed by atoms with van der Waals surface area (Å²) < 4.78 is 0. The van der Waals surface area contributed by atoms with Crippen molar-refractivity contribution in [1.82, 2.24) is 5.32 Å². The summed E-state index contributed by atoms with van der Waals surface area (Å²) in [5, 5.41) is 14.0. The third-order valence-electron chi connectivity index (χ3n) is 4.52. The molecule has 0 amide bonds. The van der Waals surface area contributed by atoms with Crippen molar-refractivity contribution in [2.45, 2.75) is 31.5 Å². The summed E-state index contributed by atoms with van der Waals surface area (Å²) in [6.45, 7) is 2.16. The Morgan fingerprint density at radius 3 is 2.55 bits per heavy atom. The Kier molecular flexibility index (Phi) is 4.19. The molecule has 1 aliphatic carbocycles. The van der Waals surface area contributed by atoms with Crippen LogP contribution in [0.3, 0.4) is 0 Å². The molecule has 3 rings (SSSR count). The van der Waals surface area contributed by atoms with Gasteiger partial charge in [0.25, 0.3) is 0 Å². The fourth-order valence-corrected chi connectivity index (χ4v) is 3.39. The molecular formula is C19H24N2O. The van der Waals surface area contributed by atoms with Crippen molar-refractivity contribution in [1.29, 1.82) is 0 Å². The second kappa shape index (κ2) is 6.11. The van der Waals surface area contributed by atoms with Crippen LogP contribution in [0.25, 0.3) is 0 Å². The Balaban J connectivity index is 1.85. The molecule has 2 aromatic carbocycles. The highest BCUT2D eigenvalue weighted by Crippen LogP contribution is 2.34. The van der Waals surface area contributed by atoms with Crippen molar-refractivity contribution < 1.29 is 5.11 Å². The number of rotatable bonds is 4. The molecule has 2 aromatic rings. The average Bonchev–Trinajstić information content (AvgIpc) is 2.83. The molecule has 3 nitrogen and oxygen atoms in total. The molecule has 0 heterocycles. The number of nitrogens with zero attached hydrogens (tertiary/aromatic N) is 1. The second-order valence-corrected chi connectivity index (χ2v) is 6.29. The normalized spacial score (nSPS) is 21.5. The zero-order valence-electron chi connectivity index (χ0n) is 13.5. The van der Waals surface area contributed by atoms with Gasteiger partial charge in [-0.15, -0.1) is 0 Å². The SMILES string of the molecule is CC(NC1c2ccccc2CC1O)c1ccccc1N(C)C. The van der Waals surface area contributed by atoms with Gasteiger partial charge in [0.2, 0.25) is 0 Å². The lowest BCUT2D eigenvalue weighted by atomic mass is 10.0. The Labute approximate surface area is 132 Å². The molecule has 0 radical (unpaired) electrons. The molecule has 0 saturated heterocycles. The fourth-order valence-electron chi connectivity index (χ4n) is 3.39. The van der Waals surface area contributed by atoms with Crippen LogP contribution in [0.2, 0.25) is 0 Å². The highest BCUT2D eigenvalue weighted by molar-refractivity contribution is 5.54. The first-order valence-electron chi connectivity index (χ1n) is 7.86. The van der Waals surface area contributed by atoms with E-state index in [1.165, 1.54) is 22.4 Å². The van der Waals surface area contributed by atoms with Gasteiger partial charge in [0.1, 0.15) is 0 Å². The van der Waals surface area contributed by atoms with E-state index in [4.69, 9.17) is 0 Å². The van der Waals surface area contributed by atoms with Crippen molar-refractivity contribution in [3.05, 3.63) is 65.2 Å². The van der Waals surface area contributed by atoms with Crippen LogP contribution >= 0.6 is 0 Å². The lowest BCUT2D eigenvalue weighted by Crippen LogP contribution is -2.31. The molecule has 22 heavy (non-hydrogen) atoms. The molecular weight excluding hydrogens is 272 g/mol. The molecule has 116 valence electrons. The molecule has 3 unspecified atom stereocenters. The first-order chi connectivity index (χ1) is 10.6. The van der Waals surface area contributed by atoms with E-state index in [0.717, 1.165) is 6.42 Å². The van der Waals surface area contributed by atoms with Crippen LogP contribution in [-0.4, -0.2) is 25.3 Å². The van der Waals surface area contributed by atoms with Gasteiger partial charge in [-0.2, -0.15) is 0 Å². The van der Waals surface area contributed by atoms with E-state index in [1.54, 1.807) is 0 Å². The summed E-state index contributed by atoms with van der Waals surface area (Å²) >= 11 is 0. The second-order valence-electron chi connectivity index (χ2n) is 6.29. The number of fused-ring (bicyclic) bond motifs is 1. The minimum atomic E-state index is -0.355. The van der Waals surface area contributed by atoms with E-state index in [-0.39, 0.29) is 18.2 Å². The standard InChI is InChI=1S/C19H24N2O/c1-13(15-9-6-7-11-17(15)21(2)3)20-19-16-10-5-4-8-14(16)12-18(19)22/h4-11,13,18-20,22H,12H2,1-3H3. The lowest BCUT2D eigenvalue weighted by Gasteiger charge is -2.27. The van der Waals surface area contributed by atoms with E-state index in [9.17, 15) is 5.11 Å². The van der Waals surface area contributed by atoms with Gasteiger partial charge >= 0.3 is 0 Å². The lowest BCUT2D eigenvalue weighted by molar-refractivity contribution is 0.136. The third kappa shape index (κ3) is 2.74. The van der Waals surface area contributed by atoms with Gasteiger partial charge in [-0.1, -0.05) is 42.5 Å². The molecule has 3 heteroatoms. The predicted molar refractivity (Wildman–Crippen MR) is 91.2 cm³/mol. The van der Waals surface area contributed by atoms with Gasteiger partial charge in [0.05, 0.1) is 12.1 Å². The van der Waals surface area contributed by atoms with E-state index in [0.29, 0.717) is 0 Å². The topological polar surface area (TPSA) is 35.5 Å². The predicted octanol–water partition coefficient (Wildman–Crippen LogP) is 3.06. The maximum atomic E-state index is 10.4. The summed E-state index contributed by atoms with van der Waals surface area (Å²) in [6, 6.07) is 16.9. The highest BCUT2D eigenvalue weighted by atomic mass is 16.3. The highest BCUT2D eigenvalue weighted by Gasteiger charge is 2.31. The van der Waals surface area contributed by atoms with Crippen LogP contribution in [0.15, 0.2) is 48.5 Å². The Morgan fingerprint density at radius 2 is 1.77 bits per heavy atom. The van der Waals surface area contributed by atoms with Gasteiger partial charge in [0.15, 0.2) is 0 Å². The van der Waals surface area contributed by atoms with Crippen molar-refractivity contribution in [3.8, 4) is 0 Å². The average molecular weight is 296 g/mol. The number of hydrogen-bond acceptors (Lipinski definition) is 3. The largest absolute Gasteiger partial charge is 0.391 e. The van der Waals surface area contributed by atoms with Gasteiger partial charge in [-0.05, 0) is 29.7 Å². The molecule has 0 spiro atoms. The van der Waals surface area contributed by atoms with E-state index < -0.39 is 0 Å². The number of aliphatic hydroxyl groups excluding tert-OH is 1. The number of anilines is 1. The van der Waals surface area contributed by atoms with Gasteiger partial charge in [-0.3, -0.25) is 0 Å². The zero-order valence-corrected chi connectivity index (χ0v) is 13.5. The van der Waals surface area contributed by atoms with Crippen LogP contribution in [0.4, 0.5) is 5.69 Å². The van der Waals surface area contributed by atoms with Crippen LogP contribution in [0, 0.1) is 0 Å². The van der Waals surface area contributed by atoms with E-state index >= 15 is 0 Å². The number of aliphatic hydroxyl groups is 1. The zero-order chi connectivity index (χ0) is 15.7. The Morgan fingerprint density at radius 1 is 1.09 bits per heavy atom. The van der Waals surface area contributed by atoms with Crippen molar-refractivity contribution in [2.24, 2.45) is 0 Å². The molecule has 0 aliphatic heterocycles. The quantitative estimate of drug-likeness (QED) is 0.910. The number of nitrogens with one attached hydrogen (secondary N) is 1. The summed E-state index contributed by atoms with van der Waals surface area (Å²) in [5.41, 5.74) is 4.94. The van der Waals surface area contributed by atoms with Gasteiger partial charge in [-0.25, -0.2) is 0 Å².